The van der Waals surface area contributed by atoms with Gasteiger partial charge in [0.2, 0.25) is 0 Å². The van der Waals surface area contributed by atoms with Crippen LogP contribution in [0.3, 0.4) is 0 Å². The van der Waals surface area contributed by atoms with Gasteiger partial charge < -0.3 is 10.1 Å². The van der Waals surface area contributed by atoms with Crippen LogP contribution in [0.4, 0.5) is 11.4 Å². The van der Waals surface area contributed by atoms with Gasteiger partial charge in [0.15, 0.2) is 12.9 Å². The van der Waals surface area contributed by atoms with Gasteiger partial charge in [-0.1, -0.05) is 22.0 Å². The average Bonchev–Trinajstić information content (AvgIpc) is 2.53. The minimum Gasteiger partial charge on any atom is -0.483 e. The predicted molar refractivity (Wildman–Crippen MR) is 86.8 cm³/mol. The van der Waals surface area contributed by atoms with Crippen molar-refractivity contribution in [1.82, 2.24) is 0 Å². The molecule has 2 rings (SSSR count). The SMILES string of the molecule is O=Cc1cc(Br)ccc1OCC(=O)Nc1cccc([N+](=O)[O-])c1. The molecule has 7 nitrogen and oxygen atoms in total. The summed E-state index contributed by atoms with van der Waals surface area (Å²) in [6, 6.07) is 10.4. The number of aldehydes is 1. The van der Waals surface area contributed by atoms with E-state index < -0.39 is 10.8 Å². The van der Waals surface area contributed by atoms with Crippen LogP contribution >= 0.6 is 15.9 Å². The number of nitrogens with zero attached hydrogens (tertiary/aromatic N) is 1. The minimum absolute atomic E-state index is 0.125. The monoisotopic (exact) mass is 378 g/mol. The number of carbonyl (C=O) groups excluding carboxylic acids is 2. The molecule has 0 aliphatic rings. The first-order valence-electron chi connectivity index (χ1n) is 6.41. The zero-order valence-electron chi connectivity index (χ0n) is 11.7. The summed E-state index contributed by atoms with van der Waals surface area (Å²) < 4.78 is 6.01. The molecule has 0 unspecified atom stereocenters. The van der Waals surface area contributed by atoms with Crippen LogP contribution in [0.15, 0.2) is 46.9 Å². The number of hydrogen-bond acceptors (Lipinski definition) is 5. The summed E-state index contributed by atoms with van der Waals surface area (Å²) >= 11 is 3.23. The van der Waals surface area contributed by atoms with Crippen molar-refractivity contribution in [2.24, 2.45) is 0 Å². The molecule has 8 heteroatoms. The third-order valence-corrected chi connectivity index (χ3v) is 3.29. The van der Waals surface area contributed by atoms with Crippen molar-refractivity contribution in [3.63, 3.8) is 0 Å². The minimum atomic E-state index is -0.551. The Morgan fingerprint density at radius 2 is 2.09 bits per heavy atom. The van der Waals surface area contributed by atoms with Crippen LogP contribution in [0.1, 0.15) is 10.4 Å². The quantitative estimate of drug-likeness (QED) is 0.472. The lowest BCUT2D eigenvalue weighted by Gasteiger charge is -2.09. The lowest BCUT2D eigenvalue weighted by Crippen LogP contribution is -2.20. The van der Waals surface area contributed by atoms with E-state index in [4.69, 9.17) is 4.74 Å². The predicted octanol–water partition coefficient (Wildman–Crippen LogP) is 3.19. The van der Waals surface area contributed by atoms with E-state index in [1.807, 2.05) is 0 Å². The highest BCUT2D eigenvalue weighted by Crippen LogP contribution is 2.22. The fourth-order valence-electron chi connectivity index (χ4n) is 1.78. The average molecular weight is 379 g/mol. The van der Waals surface area contributed by atoms with Crippen molar-refractivity contribution in [1.29, 1.82) is 0 Å². The van der Waals surface area contributed by atoms with E-state index in [2.05, 4.69) is 21.2 Å². The van der Waals surface area contributed by atoms with Gasteiger partial charge in [-0.3, -0.25) is 19.7 Å². The number of nitrogens with one attached hydrogen (secondary N) is 1. The maximum Gasteiger partial charge on any atom is 0.271 e. The molecule has 0 radical (unpaired) electrons. The highest BCUT2D eigenvalue weighted by Gasteiger charge is 2.10. The second kappa shape index (κ2) is 7.50. The van der Waals surface area contributed by atoms with E-state index in [1.54, 1.807) is 18.2 Å². The van der Waals surface area contributed by atoms with Gasteiger partial charge in [0.25, 0.3) is 11.6 Å². The molecular formula is C15H11BrN2O5. The second-order valence-corrected chi connectivity index (χ2v) is 5.36. The number of ether oxygens (including phenoxy) is 1. The van der Waals surface area contributed by atoms with Crippen LogP contribution in [0, 0.1) is 10.1 Å². The molecule has 0 saturated heterocycles. The third kappa shape index (κ3) is 4.62. The molecule has 23 heavy (non-hydrogen) atoms. The van der Waals surface area contributed by atoms with Gasteiger partial charge in [0.1, 0.15) is 5.75 Å². The Hall–Kier alpha value is -2.74. The van der Waals surface area contributed by atoms with E-state index >= 15 is 0 Å². The summed E-state index contributed by atoms with van der Waals surface area (Å²) in [5.74, 6) is -0.220. The number of halogens is 1. The maximum atomic E-state index is 11.8. The van der Waals surface area contributed by atoms with Crippen LogP contribution in [0.2, 0.25) is 0 Å². The topological polar surface area (TPSA) is 98.5 Å². The molecule has 0 heterocycles. The number of nitro benzene ring substituents is 1. The lowest BCUT2D eigenvalue weighted by atomic mass is 10.2. The molecule has 0 aliphatic heterocycles. The van der Waals surface area contributed by atoms with E-state index in [0.717, 1.165) is 0 Å². The summed E-state index contributed by atoms with van der Waals surface area (Å²) in [5.41, 5.74) is 0.474. The largest absolute Gasteiger partial charge is 0.483 e. The van der Waals surface area contributed by atoms with Crippen LogP contribution in [-0.2, 0) is 4.79 Å². The Morgan fingerprint density at radius 1 is 1.30 bits per heavy atom. The van der Waals surface area contributed by atoms with Crippen LogP contribution in [0.5, 0.6) is 5.75 Å². The number of benzene rings is 2. The first-order valence-corrected chi connectivity index (χ1v) is 7.20. The summed E-state index contributed by atoms with van der Waals surface area (Å²) in [4.78, 5) is 32.9. The standard InChI is InChI=1S/C15H11BrN2O5/c16-11-4-5-14(10(6-11)8-19)23-9-15(20)17-12-2-1-3-13(7-12)18(21)22/h1-8H,9H2,(H,17,20). The molecule has 118 valence electrons. The fourth-order valence-corrected chi connectivity index (χ4v) is 2.16. The van der Waals surface area contributed by atoms with Gasteiger partial charge in [0, 0.05) is 22.3 Å². The van der Waals surface area contributed by atoms with Crippen molar-refractivity contribution >= 4 is 39.5 Å². The summed E-state index contributed by atoms with van der Waals surface area (Å²) in [5, 5.41) is 13.2. The molecule has 0 aliphatic carbocycles. The zero-order valence-corrected chi connectivity index (χ0v) is 13.3. The van der Waals surface area contributed by atoms with Crippen molar-refractivity contribution in [3.05, 3.63) is 62.6 Å². The molecule has 0 fully saturated rings. The van der Waals surface area contributed by atoms with Gasteiger partial charge in [-0.2, -0.15) is 0 Å². The molecule has 0 atom stereocenters. The molecule has 1 amide bonds. The number of nitro groups is 1. The number of carbonyl (C=O) groups is 2. The van der Waals surface area contributed by atoms with Crippen LogP contribution < -0.4 is 10.1 Å². The Morgan fingerprint density at radius 3 is 2.78 bits per heavy atom. The Balaban J connectivity index is 1.99. The zero-order chi connectivity index (χ0) is 16.8. The number of rotatable bonds is 6. The first kappa shape index (κ1) is 16.6. The highest BCUT2D eigenvalue weighted by atomic mass is 79.9. The third-order valence-electron chi connectivity index (χ3n) is 2.80. The lowest BCUT2D eigenvalue weighted by molar-refractivity contribution is -0.384. The van der Waals surface area contributed by atoms with Gasteiger partial charge in [-0.05, 0) is 24.3 Å². The van der Waals surface area contributed by atoms with Crippen molar-refractivity contribution in [3.8, 4) is 5.75 Å². The van der Waals surface area contributed by atoms with Crippen molar-refractivity contribution in [2.75, 3.05) is 11.9 Å². The van der Waals surface area contributed by atoms with Crippen LogP contribution in [0.25, 0.3) is 0 Å². The Bertz CT molecular complexity index is 763. The summed E-state index contributed by atoms with van der Waals surface area (Å²) in [6.45, 7) is -0.328. The van der Waals surface area contributed by atoms with Crippen molar-refractivity contribution in [2.45, 2.75) is 0 Å². The Kier molecular flexibility index (Phi) is 5.42. The number of hydrogen-bond donors (Lipinski definition) is 1. The molecule has 0 saturated carbocycles. The first-order chi connectivity index (χ1) is 11.0. The van der Waals surface area contributed by atoms with Gasteiger partial charge >= 0.3 is 0 Å². The molecule has 1 N–H and O–H groups in total. The van der Waals surface area contributed by atoms with Crippen molar-refractivity contribution < 1.29 is 19.2 Å². The fraction of sp³-hybridized carbons (Fsp3) is 0.0667. The maximum absolute atomic E-state index is 11.8. The molecule has 0 spiro atoms. The Labute approximate surface area is 139 Å². The summed E-state index contributed by atoms with van der Waals surface area (Å²) in [6.07, 6.45) is 0.624. The normalized spacial score (nSPS) is 9.96. The van der Waals surface area contributed by atoms with E-state index in [1.165, 1.54) is 24.3 Å². The number of anilines is 1. The molecule has 0 aromatic heterocycles. The molecule has 2 aromatic carbocycles. The molecule has 0 bridgehead atoms. The van der Waals surface area contributed by atoms with Crippen LogP contribution in [-0.4, -0.2) is 23.7 Å². The number of amides is 1. The second-order valence-electron chi connectivity index (χ2n) is 4.44. The van der Waals surface area contributed by atoms with Gasteiger partial charge in [-0.25, -0.2) is 0 Å². The molecular weight excluding hydrogens is 368 g/mol. The van der Waals surface area contributed by atoms with E-state index in [0.29, 0.717) is 22.0 Å². The smallest absolute Gasteiger partial charge is 0.271 e. The highest BCUT2D eigenvalue weighted by molar-refractivity contribution is 9.10. The van der Waals surface area contributed by atoms with E-state index in [-0.39, 0.29) is 18.0 Å². The van der Waals surface area contributed by atoms with E-state index in [9.17, 15) is 19.7 Å². The van der Waals surface area contributed by atoms with Gasteiger partial charge in [-0.15, -0.1) is 0 Å². The van der Waals surface area contributed by atoms with Gasteiger partial charge in [0.05, 0.1) is 10.5 Å². The molecule has 2 aromatic rings. The summed E-state index contributed by atoms with van der Waals surface area (Å²) in [7, 11) is 0. The number of non-ortho nitro benzene ring substituents is 1.